The molecule has 28 heavy (non-hydrogen) atoms. The van der Waals surface area contributed by atoms with Crippen LogP contribution in [0.1, 0.15) is 35.7 Å². The van der Waals surface area contributed by atoms with E-state index in [1.54, 1.807) is 42.5 Å². The number of anilines is 1. The maximum Gasteiger partial charge on any atom is 0.248 e. The number of amides is 1. The van der Waals surface area contributed by atoms with Gasteiger partial charge in [-0.15, -0.1) is 0 Å². The molecule has 0 unspecified atom stereocenters. The summed E-state index contributed by atoms with van der Waals surface area (Å²) in [7, 11) is -3.46. The number of nitrogens with one attached hydrogen (secondary N) is 1. The standard InChI is InChI=1S/C21H22N2O4S/c1-16(24)18-7-4-17(5-8-18)6-13-21(25)22-19-9-11-20(12-10-19)28(26,27)23-14-2-3-15-23/h4-13H,2-3,14-15H2,1H3,(H,22,25)/b13-6+. The predicted molar refractivity (Wildman–Crippen MR) is 109 cm³/mol. The Hall–Kier alpha value is -2.77. The molecule has 2 aromatic carbocycles. The first-order chi connectivity index (χ1) is 13.4. The van der Waals surface area contributed by atoms with Crippen LogP contribution in [0.2, 0.25) is 0 Å². The first-order valence-corrected chi connectivity index (χ1v) is 10.5. The van der Waals surface area contributed by atoms with Crippen LogP contribution in [0.5, 0.6) is 0 Å². The molecule has 0 bridgehead atoms. The molecule has 3 rings (SSSR count). The fourth-order valence-electron chi connectivity index (χ4n) is 2.97. The van der Waals surface area contributed by atoms with Crippen molar-refractivity contribution in [2.24, 2.45) is 0 Å². The van der Waals surface area contributed by atoms with E-state index in [9.17, 15) is 18.0 Å². The molecule has 1 fully saturated rings. The summed E-state index contributed by atoms with van der Waals surface area (Å²) in [4.78, 5) is 23.6. The molecule has 1 aliphatic rings. The number of rotatable bonds is 6. The summed E-state index contributed by atoms with van der Waals surface area (Å²) >= 11 is 0. The van der Waals surface area contributed by atoms with E-state index in [4.69, 9.17) is 0 Å². The highest BCUT2D eigenvalue weighted by Crippen LogP contribution is 2.22. The van der Waals surface area contributed by atoms with Gasteiger partial charge >= 0.3 is 0 Å². The summed E-state index contributed by atoms with van der Waals surface area (Å²) in [5.41, 5.74) is 1.93. The Bertz CT molecular complexity index is 988. The fraction of sp³-hybridized carbons (Fsp3) is 0.238. The van der Waals surface area contributed by atoms with Gasteiger partial charge in [-0.1, -0.05) is 24.3 Å². The highest BCUT2D eigenvalue weighted by atomic mass is 32.2. The van der Waals surface area contributed by atoms with E-state index in [1.165, 1.54) is 29.4 Å². The van der Waals surface area contributed by atoms with E-state index >= 15 is 0 Å². The lowest BCUT2D eigenvalue weighted by Crippen LogP contribution is -2.27. The van der Waals surface area contributed by atoms with Crippen molar-refractivity contribution in [2.75, 3.05) is 18.4 Å². The van der Waals surface area contributed by atoms with Crippen molar-refractivity contribution >= 4 is 33.5 Å². The molecule has 146 valence electrons. The molecule has 7 heteroatoms. The van der Waals surface area contributed by atoms with Crippen LogP contribution in [0, 0.1) is 0 Å². The quantitative estimate of drug-likeness (QED) is 0.598. The zero-order valence-corrected chi connectivity index (χ0v) is 16.4. The molecule has 1 heterocycles. The monoisotopic (exact) mass is 398 g/mol. The molecule has 6 nitrogen and oxygen atoms in total. The molecule has 0 saturated carbocycles. The van der Waals surface area contributed by atoms with Crippen LogP contribution in [0.4, 0.5) is 5.69 Å². The number of carbonyl (C=O) groups excluding carboxylic acids is 2. The third-order valence-corrected chi connectivity index (χ3v) is 6.48. The lowest BCUT2D eigenvalue weighted by Gasteiger charge is -2.15. The van der Waals surface area contributed by atoms with E-state index in [2.05, 4.69) is 5.32 Å². The van der Waals surface area contributed by atoms with E-state index in [0.717, 1.165) is 18.4 Å². The largest absolute Gasteiger partial charge is 0.323 e. The Morgan fingerprint density at radius 3 is 2.14 bits per heavy atom. The normalized spacial score (nSPS) is 15.0. The number of ketones is 1. The van der Waals surface area contributed by atoms with E-state index < -0.39 is 10.0 Å². The van der Waals surface area contributed by atoms with Gasteiger partial charge in [0.1, 0.15) is 0 Å². The smallest absolute Gasteiger partial charge is 0.248 e. The molecule has 1 aliphatic heterocycles. The highest BCUT2D eigenvalue weighted by molar-refractivity contribution is 7.89. The Kier molecular flexibility index (Phi) is 6.06. The van der Waals surface area contributed by atoms with Crippen molar-refractivity contribution in [3.05, 3.63) is 65.7 Å². The maximum absolute atomic E-state index is 12.5. The number of carbonyl (C=O) groups is 2. The maximum atomic E-state index is 12.5. The van der Waals surface area contributed by atoms with Crippen LogP contribution in [0.15, 0.2) is 59.5 Å². The minimum atomic E-state index is -3.46. The summed E-state index contributed by atoms with van der Waals surface area (Å²) in [6.07, 6.45) is 4.80. The summed E-state index contributed by atoms with van der Waals surface area (Å²) in [6, 6.07) is 13.1. The first kappa shape index (κ1) is 20.0. The Labute approximate surface area is 164 Å². The summed E-state index contributed by atoms with van der Waals surface area (Å²) < 4.78 is 26.5. The SMILES string of the molecule is CC(=O)c1ccc(/C=C/C(=O)Nc2ccc(S(=O)(=O)N3CCCC3)cc2)cc1. The second kappa shape index (κ2) is 8.50. The van der Waals surface area contributed by atoms with Crippen molar-refractivity contribution in [3.8, 4) is 0 Å². The number of sulfonamides is 1. The van der Waals surface area contributed by atoms with Gasteiger partial charge in [-0.05, 0) is 55.7 Å². The molecule has 0 aliphatic carbocycles. The fourth-order valence-corrected chi connectivity index (χ4v) is 4.49. The summed E-state index contributed by atoms with van der Waals surface area (Å²) in [5, 5.41) is 2.70. The average Bonchev–Trinajstić information content (AvgIpc) is 3.23. The highest BCUT2D eigenvalue weighted by Gasteiger charge is 2.26. The third-order valence-electron chi connectivity index (χ3n) is 4.57. The zero-order chi connectivity index (χ0) is 20.1. The van der Waals surface area contributed by atoms with Gasteiger partial charge in [0, 0.05) is 30.4 Å². The number of hydrogen-bond donors (Lipinski definition) is 1. The van der Waals surface area contributed by atoms with Gasteiger partial charge in [0.05, 0.1) is 4.90 Å². The molecule has 0 radical (unpaired) electrons. The third kappa shape index (κ3) is 4.74. The van der Waals surface area contributed by atoms with Gasteiger partial charge in [-0.2, -0.15) is 4.31 Å². The van der Waals surface area contributed by atoms with E-state index in [0.29, 0.717) is 24.3 Å². The molecule has 1 N–H and O–H groups in total. The summed E-state index contributed by atoms with van der Waals surface area (Å²) in [5.74, 6) is -0.339. The van der Waals surface area contributed by atoms with E-state index in [1.807, 2.05) is 0 Å². The Morgan fingerprint density at radius 2 is 1.57 bits per heavy atom. The number of Topliss-reactive ketones (excluding diaryl/α,β-unsaturated/α-hetero) is 1. The van der Waals surface area contributed by atoms with Crippen molar-refractivity contribution in [3.63, 3.8) is 0 Å². The molecular formula is C21H22N2O4S. The number of benzene rings is 2. The van der Waals surface area contributed by atoms with Gasteiger partial charge in [-0.25, -0.2) is 8.42 Å². The van der Waals surface area contributed by atoms with Crippen LogP contribution < -0.4 is 5.32 Å². The molecule has 1 amide bonds. The van der Waals surface area contributed by atoms with Crippen LogP contribution in [-0.2, 0) is 14.8 Å². The van der Waals surface area contributed by atoms with Gasteiger partial charge in [0.25, 0.3) is 0 Å². The van der Waals surface area contributed by atoms with Gasteiger partial charge in [0.2, 0.25) is 15.9 Å². The summed E-state index contributed by atoms with van der Waals surface area (Å²) in [6.45, 7) is 2.61. The molecule has 2 aromatic rings. The zero-order valence-electron chi connectivity index (χ0n) is 15.6. The van der Waals surface area contributed by atoms with Crippen LogP contribution >= 0.6 is 0 Å². The van der Waals surface area contributed by atoms with E-state index in [-0.39, 0.29) is 16.6 Å². The van der Waals surface area contributed by atoms with Crippen molar-refractivity contribution < 1.29 is 18.0 Å². The second-order valence-corrected chi connectivity index (χ2v) is 8.57. The van der Waals surface area contributed by atoms with Crippen molar-refractivity contribution in [1.29, 1.82) is 0 Å². The minimum absolute atomic E-state index is 0.0107. The van der Waals surface area contributed by atoms with Crippen molar-refractivity contribution in [1.82, 2.24) is 4.31 Å². The Balaban J connectivity index is 1.62. The van der Waals surface area contributed by atoms with Gasteiger partial charge < -0.3 is 5.32 Å². The molecule has 1 saturated heterocycles. The molecule has 0 spiro atoms. The number of nitrogens with zero attached hydrogens (tertiary/aromatic N) is 1. The van der Waals surface area contributed by atoms with Gasteiger partial charge in [-0.3, -0.25) is 9.59 Å². The lowest BCUT2D eigenvalue weighted by atomic mass is 10.1. The minimum Gasteiger partial charge on any atom is -0.323 e. The topological polar surface area (TPSA) is 83.5 Å². The second-order valence-electron chi connectivity index (χ2n) is 6.64. The lowest BCUT2D eigenvalue weighted by molar-refractivity contribution is -0.111. The predicted octanol–water partition coefficient (Wildman–Crippen LogP) is 3.33. The number of hydrogen-bond acceptors (Lipinski definition) is 4. The van der Waals surface area contributed by atoms with Crippen molar-refractivity contribution in [2.45, 2.75) is 24.7 Å². The van der Waals surface area contributed by atoms with Gasteiger partial charge in [0.15, 0.2) is 5.78 Å². The molecular weight excluding hydrogens is 376 g/mol. The van der Waals surface area contributed by atoms with Crippen LogP contribution in [0.25, 0.3) is 6.08 Å². The van der Waals surface area contributed by atoms with Crippen LogP contribution in [0.3, 0.4) is 0 Å². The van der Waals surface area contributed by atoms with Crippen LogP contribution in [-0.4, -0.2) is 37.5 Å². The average molecular weight is 398 g/mol. The Morgan fingerprint density at radius 1 is 0.964 bits per heavy atom. The molecule has 0 atom stereocenters. The molecule has 0 aromatic heterocycles. The first-order valence-electron chi connectivity index (χ1n) is 9.06.